The van der Waals surface area contributed by atoms with Gasteiger partial charge in [0, 0.05) is 18.7 Å². The highest BCUT2D eigenvalue weighted by Crippen LogP contribution is 2.22. The standard InChI is InChI=1S/C15H13F2N3O/c16-11-5-3-4-10(14(11)17)12-8-18-9-13(19-12)15(21)20-6-1-2-7-20/h3-5,8-9H,1-2,6-7H2. The van der Waals surface area contributed by atoms with Crippen LogP contribution < -0.4 is 0 Å². The molecule has 0 spiro atoms. The van der Waals surface area contributed by atoms with Gasteiger partial charge in [0.25, 0.3) is 5.91 Å². The zero-order valence-electron chi connectivity index (χ0n) is 11.2. The lowest BCUT2D eigenvalue weighted by Gasteiger charge is -2.14. The molecule has 2 aromatic rings. The van der Waals surface area contributed by atoms with Crippen LogP contribution in [-0.2, 0) is 0 Å². The molecule has 108 valence electrons. The van der Waals surface area contributed by atoms with E-state index in [9.17, 15) is 13.6 Å². The van der Waals surface area contributed by atoms with Crippen molar-refractivity contribution in [2.45, 2.75) is 12.8 Å². The van der Waals surface area contributed by atoms with E-state index < -0.39 is 11.6 Å². The molecule has 4 nitrogen and oxygen atoms in total. The minimum Gasteiger partial charge on any atom is -0.337 e. The molecule has 0 saturated carbocycles. The van der Waals surface area contributed by atoms with Crippen molar-refractivity contribution in [2.75, 3.05) is 13.1 Å². The van der Waals surface area contributed by atoms with Crippen LogP contribution >= 0.6 is 0 Å². The fraction of sp³-hybridized carbons (Fsp3) is 0.267. The molecule has 1 fully saturated rings. The number of aromatic nitrogens is 2. The van der Waals surface area contributed by atoms with Gasteiger partial charge in [-0.05, 0) is 25.0 Å². The average molecular weight is 289 g/mol. The summed E-state index contributed by atoms with van der Waals surface area (Å²) in [6, 6.07) is 3.84. The molecule has 1 aliphatic heterocycles. The van der Waals surface area contributed by atoms with E-state index in [0.717, 1.165) is 18.9 Å². The van der Waals surface area contributed by atoms with Crippen LogP contribution in [0.25, 0.3) is 11.3 Å². The van der Waals surface area contributed by atoms with Crippen LogP contribution in [0.4, 0.5) is 8.78 Å². The Morgan fingerprint density at radius 1 is 1.14 bits per heavy atom. The smallest absolute Gasteiger partial charge is 0.274 e. The first-order valence-corrected chi connectivity index (χ1v) is 6.72. The van der Waals surface area contributed by atoms with Crippen molar-refractivity contribution < 1.29 is 13.6 Å². The third kappa shape index (κ3) is 2.61. The van der Waals surface area contributed by atoms with Crippen molar-refractivity contribution in [2.24, 2.45) is 0 Å². The van der Waals surface area contributed by atoms with Crippen LogP contribution in [0.2, 0.25) is 0 Å². The van der Waals surface area contributed by atoms with Crippen molar-refractivity contribution in [1.29, 1.82) is 0 Å². The second-order valence-corrected chi connectivity index (χ2v) is 4.89. The average Bonchev–Trinajstić information content (AvgIpc) is 3.04. The van der Waals surface area contributed by atoms with E-state index in [0.29, 0.717) is 13.1 Å². The van der Waals surface area contributed by atoms with Gasteiger partial charge >= 0.3 is 0 Å². The molecule has 1 amide bonds. The van der Waals surface area contributed by atoms with E-state index in [4.69, 9.17) is 0 Å². The Balaban J connectivity index is 1.96. The van der Waals surface area contributed by atoms with Gasteiger partial charge in [-0.2, -0.15) is 0 Å². The summed E-state index contributed by atoms with van der Waals surface area (Å²) in [5.74, 6) is -2.16. The van der Waals surface area contributed by atoms with Crippen LogP contribution in [0.15, 0.2) is 30.6 Å². The number of carbonyl (C=O) groups excluding carboxylic acids is 1. The monoisotopic (exact) mass is 289 g/mol. The highest BCUT2D eigenvalue weighted by molar-refractivity contribution is 5.92. The number of hydrogen-bond acceptors (Lipinski definition) is 3. The summed E-state index contributed by atoms with van der Waals surface area (Å²) in [6.07, 6.45) is 4.61. The summed E-state index contributed by atoms with van der Waals surface area (Å²) in [4.78, 5) is 22.0. The molecule has 1 saturated heterocycles. The van der Waals surface area contributed by atoms with Gasteiger partial charge in [-0.1, -0.05) is 6.07 Å². The number of likely N-dealkylation sites (tertiary alicyclic amines) is 1. The highest BCUT2D eigenvalue weighted by atomic mass is 19.2. The number of hydrogen-bond donors (Lipinski definition) is 0. The summed E-state index contributed by atoms with van der Waals surface area (Å²) in [5.41, 5.74) is 0.300. The van der Waals surface area contributed by atoms with Crippen molar-refractivity contribution in [3.8, 4) is 11.3 Å². The van der Waals surface area contributed by atoms with E-state index >= 15 is 0 Å². The zero-order valence-corrected chi connectivity index (χ0v) is 11.2. The largest absolute Gasteiger partial charge is 0.337 e. The van der Waals surface area contributed by atoms with Gasteiger partial charge in [0.2, 0.25) is 0 Å². The van der Waals surface area contributed by atoms with Crippen LogP contribution in [0.1, 0.15) is 23.3 Å². The van der Waals surface area contributed by atoms with Gasteiger partial charge in [0.1, 0.15) is 5.69 Å². The Morgan fingerprint density at radius 2 is 1.90 bits per heavy atom. The fourth-order valence-electron chi connectivity index (χ4n) is 2.38. The minimum absolute atomic E-state index is 0.00132. The summed E-state index contributed by atoms with van der Waals surface area (Å²) in [5, 5.41) is 0. The van der Waals surface area contributed by atoms with Crippen LogP contribution in [0.3, 0.4) is 0 Å². The maximum absolute atomic E-state index is 13.8. The van der Waals surface area contributed by atoms with Gasteiger partial charge in [-0.15, -0.1) is 0 Å². The molecular weight excluding hydrogens is 276 g/mol. The first-order chi connectivity index (χ1) is 10.2. The molecule has 0 unspecified atom stereocenters. The number of benzene rings is 1. The number of rotatable bonds is 2. The van der Waals surface area contributed by atoms with Crippen LogP contribution in [-0.4, -0.2) is 33.9 Å². The van der Waals surface area contributed by atoms with E-state index in [1.165, 1.54) is 24.5 Å². The Hall–Kier alpha value is -2.37. The number of halogens is 2. The lowest BCUT2D eigenvalue weighted by atomic mass is 10.1. The van der Waals surface area contributed by atoms with Crippen molar-refractivity contribution in [3.63, 3.8) is 0 Å². The van der Waals surface area contributed by atoms with E-state index in [1.807, 2.05) is 0 Å². The molecule has 0 radical (unpaired) electrons. The molecule has 1 aromatic carbocycles. The summed E-state index contributed by atoms with van der Waals surface area (Å²) in [7, 11) is 0. The second-order valence-electron chi connectivity index (χ2n) is 4.89. The quantitative estimate of drug-likeness (QED) is 0.854. The van der Waals surface area contributed by atoms with Crippen LogP contribution in [0.5, 0.6) is 0 Å². The number of amides is 1. The van der Waals surface area contributed by atoms with E-state index in [1.54, 1.807) is 4.90 Å². The van der Waals surface area contributed by atoms with E-state index in [2.05, 4.69) is 9.97 Å². The molecule has 0 atom stereocenters. The molecule has 21 heavy (non-hydrogen) atoms. The lowest BCUT2D eigenvalue weighted by Crippen LogP contribution is -2.28. The maximum atomic E-state index is 13.8. The fourth-order valence-corrected chi connectivity index (χ4v) is 2.38. The maximum Gasteiger partial charge on any atom is 0.274 e. The Bertz CT molecular complexity index is 684. The van der Waals surface area contributed by atoms with Gasteiger partial charge in [0.15, 0.2) is 11.6 Å². The van der Waals surface area contributed by atoms with Crippen molar-refractivity contribution in [3.05, 3.63) is 47.9 Å². The molecule has 0 bridgehead atoms. The molecule has 1 aliphatic rings. The summed E-state index contributed by atoms with van der Waals surface area (Å²) >= 11 is 0. The third-order valence-electron chi connectivity index (χ3n) is 3.47. The zero-order chi connectivity index (χ0) is 14.8. The predicted octanol–water partition coefficient (Wildman–Crippen LogP) is 2.66. The van der Waals surface area contributed by atoms with E-state index in [-0.39, 0.29) is 22.9 Å². The predicted molar refractivity (Wildman–Crippen MR) is 72.5 cm³/mol. The Kier molecular flexibility index (Phi) is 3.60. The number of carbonyl (C=O) groups is 1. The Labute approximate surface area is 120 Å². The molecule has 0 aliphatic carbocycles. The van der Waals surface area contributed by atoms with Crippen LogP contribution in [0, 0.1) is 11.6 Å². The van der Waals surface area contributed by atoms with Crippen molar-refractivity contribution >= 4 is 5.91 Å². The molecule has 0 N–H and O–H groups in total. The van der Waals surface area contributed by atoms with Gasteiger partial charge in [-0.3, -0.25) is 9.78 Å². The molecular formula is C15H13F2N3O. The third-order valence-corrected chi connectivity index (χ3v) is 3.47. The molecule has 3 rings (SSSR count). The molecule has 2 heterocycles. The first-order valence-electron chi connectivity index (χ1n) is 6.72. The Morgan fingerprint density at radius 3 is 2.67 bits per heavy atom. The van der Waals surface area contributed by atoms with Gasteiger partial charge in [-0.25, -0.2) is 13.8 Å². The second kappa shape index (κ2) is 5.55. The van der Waals surface area contributed by atoms with Crippen molar-refractivity contribution in [1.82, 2.24) is 14.9 Å². The van der Waals surface area contributed by atoms with Gasteiger partial charge < -0.3 is 4.90 Å². The minimum atomic E-state index is -0.988. The normalized spacial score (nSPS) is 14.5. The molecule has 6 heteroatoms. The highest BCUT2D eigenvalue weighted by Gasteiger charge is 2.21. The summed E-state index contributed by atoms with van der Waals surface area (Å²) < 4.78 is 27.1. The topological polar surface area (TPSA) is 46.1 Å². The number of nitrogens with zero attached hydrogens (tertiary/aromatic N) is 3. The molecule has 1 aromatic heterocycles. The lowest BCUT2D eigenvalue weighted by molar-refractivity contribution is 0.0786. The SMILES string of the molecule is O=C(c1cncc(-c2cccc(F)c2F)n1)N1CCCC1. The first kappa shape index (κ1) is 13.6. The summed E-state index contributed by atoms with van der Waals surface area (Å²) in [6.45, 7) is 1.39. The van der Waals surface area contributed by atoms with Gasteiger partial charge in [0.05, 0.1) is 18.1 Å².